The second-order valence-electron chi connectivity index (χ2n) is 5.12. The van der Waals surface area contributed by atoms with E-state index in [0.717, 1.165) is 17.5 Å². The lowest BCUT2D eigenvalue weighted by Gasteiger charge is -2.12. The van der Waals surface area contributed by atoms with Crippen molar-refractivity contribution in [1.29, 1.82) is 0 Å². The highest BCUT2D eigenvalue weighted by atomic mass is 16.5. The van der Waals surface area contributed by atoms with Crippen LogP contribution >= 0.6 is 0 Å². The fraction of sp³-hybridized carbons (Fsp3) is 0.278. The van der Waals surface area contributed by atoms with Gasteiger partial charge in [0.2, 0.25) is 0 Å². The van der Waals surface area contributed by atoms with E-state index in [4.69, 9.17) is 4.74 Å². The normalized spacial score (nSPS) is 11.7. The SMILES string of the molecule is CCCC(O)c1cccc(NC(=O)OCc2ccccc2)c1. The quantitative estimate of drug-likeness (QED) is 0.837. The molecular formula is C18H21NO3. The van der Waals surface area contributed by atoms with E-state index in [1.165, 1.54) is 0 Å². The van der Waals surface area contributed by atoms with Gasteiger partial charge in [0.25, 0.3) is 0 Å². The number of amides is 1. The molecule has 0 bridgehead atoms. The maximum Gasteiger partial charge on any atom is 0.411 e. The second kappa shape index (κ2) is 8.20. The molecule has 1 unspecified atom stereocenters. The minimum absolute atomic E-state index is 0.227. The molecule has 0 radical (unpaired) electrons. The van der Waals surface area contributed by atoms with Gasteiger partial charge in [0.05, 0.1) is 6.10 Å². The van der Waals surface area contributed by atoms with Crippen LogP contribution in [0.5, 0.6) is 0 Å². The Kier molecular flexibility index (Phi) is 5.98. The number of rotatable bonds is 6. The Morgan fingerprint density at radius 2 is 1.95 bits per heavy atom. The van der Waals surface area contributed by atoms with Gasteiger partial charge in [0.15, 0.2) is 0 Å². The number of ether oxygens (including phenoxy) is 1. The standard InChI is InChI=1S/C18H21NO3/c1-2-7-17(20)15-10-6-11-16(12-15)19-18(21)22-13-14-8-4-3-5-9-14/h3-6,8-12,17,20H,2,7,13H2,1H3,(H,19,21). The third-order valence-corrected chi connectivity index (χ3v) is 3.29. The van der Waals surface area contributed by atoms with Crippen LogP contribution in [0.15, 0.2) is 54.6 Å². The number of carbonyl (C=O) groups excluding carboxylic acids is 1. The molecule has 0 saturated heterocycles. The van der Waals surface area contributed by atoms with Crippen LogP contribution in [0.3, 0.4) is 0 Å². The number of nitrogens with one attached hydrogen (secondary N) is 1. The van der Waals surface area contributed by atoms with Crippen molar-refractivity contribution in [2.75, 3.05) is 5.32 Å². The molecule has 1 atom stereocenters. The van der Waals surface area contributed by atoms with Crippen LogP contribution in [-0.4, -0.2) is 11.2 Å². The van der Waals surface area contributed by atoms with Gasteiger partial charge in [0, 0.05) is 5.69 Å². The second-order valence-corrected chi connectivity index (χ2v) is 5.12. The van der Waals surface area contributed by atoms with Gasteiger partial charge in [-0.05, 0) is 29.7 Å². The monoisotopic (exact) mass is 299 g/mol. The van der Waals surface area contributed by atoms with Crippen molar-refractivity contribution < 1.29 is 14.6 Å². The van der Waals surface area contributed by atoms with Crippen LogP contribution in [0.4, 0.5) is 10.5 Å². The highest BCUT2D eigenvalue weighted by Gasteiger charge is 2.09. The van der Waals surface area contributed by atoms with E-state index in [9.17, 15) is 9.90 Å². The minimum Gasteiger partial charge on any atom is -0.444 e. The number of aliphatic hydroxyl groups excluding tert-OH is 1. The molecule has 1 amide bonds. The van der Waals surface area contributed by atoms with Crippen LogP contribution in [-0.2, 0) is 11.3 Å². The van der Waals surface area contributed by atoms with Crippen LogP contribution in [0, 0.1) is 0 Å². The molecule has 2 aromatic rings. The number of benzene rings is 2. The van der Waals surface area contributed by atoms with Gasteiger partial charge >= 0.3 is 6.09 Å². The first kappa shape index (κ1) is 16.0. The molecule has 0 aliphatic carbocycles. The third-order valence-electron chi connectivity index (χ3n) is 3.29. The Morgan fingerprint density at radius 1 is 1.18 bits per heavy atom. The molecule has 0 spiro atoms. The molecule has 4 heteroatoms. The van der Waals surface area contributed by atoms with Crippen molar-refractivity contribution in [3.05, 3.63) is 65.7 Å². The van der Waals surface area contributed by atoms with Gasteiger partial charge in [-0.15, -0.1) is 0 Å². The maximum atomic E-state index is 11.8. The zero-order valence-electron chi connectivity index (χ0n) is 12.7. The number of hydrogen-bond acceptors (Lipinski definition) is 3. The fourth-order valence-electron chi connectivity index (χ4n) is 2.14. The molecule has 0 aliphatic heterocycles. The smallest absolute Gasteiger partial charge is 0.411 e. The average molecular weight is 299 g/mol. The molecule has 2 rings (SSSR count). The minimum atomic E-state index is -0.508. The first-order chi connectivity index (χ1) is 10.7. The summed E-state index contributed by atoms with van der Waals surface area (Å²) in [5.41, 5.74) is 2.35. The summed E-state index contributed by atoms with van der Waals surface area (Å²) in [5, 5.41) is 12.7. The Balaban J connectivity index is 1.90. The molecule has 0 aliphatic rings. The number of aliphatic hydroxyl groups is 1. The van der Waals surface area contributed by atoms with Gasteiger partial charge in [-0.3, -0.25) is 5.32 Å². The van der Waals surface area contributed by atoms with Crippen molar-refractivity contribution in [3.63, 3.8) is 0 Å². The highest BCUT2D eigenvalue weighted by Crippen LogP contribution is 2.21. The van der Waals surface area contributed by atoms with Crippen molar-refractivity contribution in [1.82, 2.24) is 0 Å². The molecule has 2 aromatic carbocycles. The van der Waals surface area contributed by atoms with E-state index in [1.54, 1.807) is 18.2 Å². The topological polar surface area (TPSA) is 58.6 Å². The largest absolute Gasteiger partial charge is 0.444 e. The van der Waals surface area contributed by atoms with Crippen LogP contribution in [0.25, 0.3) is 0 Å². The fourth-order valence-corrected chi connectivity index (χ4v) is 2.14. The summed E-state index contributed by atoms with van der Waals surface area (Å²) >= 11 is 0. The zero-order chi connectivity index (χ0) is 15.8. The summed E-state index contributed by atoms with van der Waals surface area (Å²) < 4.78 is 5.17. The van der Waals surface area contributed by atoms with Gasteiger partial charge in [0.1, 0.15) is 6.61 Å². The number of carbonyl (C=O) groups is 1. The lowest BCUT2D eigenvalue weighted by Crippen LogP contribution is -2.13. The Morgan fingerprint density at radius 3 is 2.68 bits per heavy atom. The molecule has 0 aromatic heterocycles. The van der Waals surface area contributed by atoms with Crippen molar-refractivity contribution in [3.8, 4) is 0 Å². The van der Waals surface area contributed by atoms with E-state index in [1.807, 2.05) is 43.3 Å². The predicted octanol–water partition coefficient (Wildman–Crippen LogP) is 4.27. The molecule has 2 N–H and O–H groups in total. The molecule has 0 heterocycles. The van der Waals surface area contributed by atoms with Crippen molar-refractivity contribution in [2.24, 2.45) is 0 Å². The van der Waals surface area contributed by atoms with Gasteiger partial charge in [-0.1, -0.05) is 55.8 Å². The third kappa shape index (κ3) is 4.90. The first-order valence-corrected chi connectivity index (χ1v) is 7.44. The summed E-state index contributed by atoms with van der Waals surface area (Å²) in [7, 11) is 0. The molecule has 116 valence electrons. The van der Waals surface area contributed by atoms with Crippen molar-refractivity contribution >= 4 is 11.8 Å². The van der Waals surface area contributed by atoms with E-state index < -0.39 is 12.2 Å². The van der Waals surface area contributed by atoms with Crippen molar-refractivity contribution in [2.45, 2.75) is 32.5 Å². The van der Waals surface area contributed by atoms with E-state index in [-0.39, 0.29) is 6.61 Å². The molecule has 0 saturated carbocycles. The lowest BCUT2D eigenvalue weighted by molar-refractivity contribution is 0.155. The van der Waals surface area contributed by atoms with E-state index >= 15 is 0 Å². The van der Waals surface area contributed by atoms with Crippen LogP contribution < -0.4 is 5.32 Å². The molecule has 0 fully saturated rings. The zero-order valence-corrected chi connectivity index (χ0v) is 12.7. The number of hydrogen-bond donors (Lipinski definition) is 2. The first-order valence-electron chi connectivity index (χ1n) is 7.44. The van der Waals surface area contributed by atoms with Gasteiger partial charge < -0.3 is 9.84 Å². The van der Waals surface area contributed by atoms with E-state index in [0.29, 0.717) is 12.1 Å². The lowest BCUT2D eigenvalue weighted by atomic mass is 10.0. The average Bonchev–Trinajstić information content (AvgIpc) is 2.54. The summed E-state index contributed by atoms with van der Waals surface area (Å²) in [6.45, 7) is 2.25. The van der Waals surface area contributed by atoms with Crippen LogP contribution in [0.1, 0.15) is 37.0 Å². The van der Waals surface area contributed by atoms with Gasteiger partial charge in [-0.2, -0.15) is 0 Å². The summed E-state index contributed by atoms with van der Waals surface area (Å²) in [4.78, 5) is 11.8. The maximum absolute atomic E-state index is 11.8. The summed E-state index contributed by atoms with van der Waals surface area (Å²) in [6.07, 6.45) is 0.581. The van der Waals surface area contributed by atoms with Crippen LogP contribution in [0.2, 0.25) is 0 Å². The number of anilines is 1. The molecule has 22 heavy (non-hydrogen) atoms. The van der Waals surface area contributed by atoms with Gasteiger partial charge in [-0.25, -0.2) is 4.79 Å². The molecule has 4 nitrogen and oxygen atoms in total. The Labute approximate surface area is 130 Å². The summed E-state index contributed by atoms with van der Waals surface area (Å²) in [6, 6.07) is 16.7. The highest BCUT2D eigenvalue weighted by molar-refractivity contribution is 5.84. The predicted molar refractivity (Wildman–Crippen MR) is 86.6 cm³/mol. The Hall–Kier alpha value is -2.33. The summed E-state index contributed by atoms with van der Waals surface area (Å²) in [5.74, 6) is 0. The molecular weight excluding hydrogens is 278 g/mol. The van der Waals surface area contributed by atoms with E-state index in [2.05, 4.69) is 5.32 Å². The Bertz CT molecular complexity index is 598.